The Kier molecular flexibility index (Phi) is 7.15. The molecule has 2 saturated heterocycles. The molecule has 4 rings (SSSR count). The highest BCUT2D eigenvalue weighted by Gasteiger charge is 2.24. The largest absolute Gasteiger partial charge is 0.490 e. The number of benzene rings is 1. The predicted molar refractivity (Wildman–Crippen MR) is 127 cm³/mol. The Balaban J connectivity index is 1.24. The highest BCUT2D eigenvalue weighted by Crippen LogP contribution is 2.24. The lowest BCUT2D eigenvalue weighted by molar-refractivity contribution is 0.110. The van der Waals surface area contributed by atoms with Gasteiger partial charge in [-0.25, -0.2) is 9.78 Å². The van der Waals surface area contributed by atoms with E-state index in [0.29, 0.717) is 19.6 Å². The number of hydrogen-bond donors (Lipinski definition) is 1. The summed E-state index contributed by atoms with van der Waals surface area (Å²) in [6.07, 6.45) is 3.70. The van der Waals surface area contributed by atoms with Gasteiger partial charge in [0.25, 0.3) is 0 Å². The van der Waals surface area contributed by atoms with Crippen LogP contribution in [0.2, 0.25) is 0 Å². The zero-order chi connectivity index (χ0) is 22.5. The summed E-state index contributed by atoms with van der Waals surface area (Å²) in [7, 11) is 2.15. The molecule has 0 bridgehead atoms. The van der Waals surface area contributed by atoms with Crippen molar-refractivity contribution in [2.45, 2.75) is 39.3 Å². The Morgan fingerprint density at radius 2 is 1.81 bits per heavy atom. The fourth-order valence-electron chi connectivity index (χ4n) is 4.26. The van der Waals surface area contributed by atoms with E-state index in [0.717, 1.165) is 61.7 Å². The summed E-state index contributed by atoms with van der Waals surface area (Å²) in [4.78, 5) is 23.8. The molecule has 2 aromatic rings. The minimum Gasteiger partial charge on any atom is -0.490 e. The lowest BCUT2D eigenvalue weighted by Crippen LogP contribution is -2.46. The van der Waals surface area contributed by atoms with E-state index in [9.17, 15) is 4.79 Å². The first kappa shape index (κ1) is 22.4. The van der Waals surface area contributed by atoms with E-state index in [-0.39, 0.29) is 12.1 Å². The summed E-state index contributed by atoms with van der Waals surface area (Å²) in [5.41, 5.74) is 3.44. The standard InChI is InChI=1S/C25H35N5O2/c1-19-4-5-20(2)23(16-19)32-22-7-10-30(11-8-22)25(31)27-18-21-6-9-26-24(17-21)29-14-12-28(3)13-15-29/h4-6,9,16-17,22H,7-8,10-15,18H2,1-3H3,(H,27,31). The van der Waals surface area contributed by atoms with Gasteiger partial charge in [-0.15, -0.1) is 0 Å². The van der Waals surface area contributed by atoms with E-state index < -0.39 is 0 Å². The molecule has 0 atom stereocenters. The molecule has 32 heavy (non-hydrogen) atoms. The number of hydrogen-bond acceptors (Lipinski definition) is 5. The van der Waals surface area contributed by atoms with Crippen molar-refractivity contribution in [2.24, 2.45) is 0 Å². The highest BCUT2D eigenvalue weighted by molar-refractivity contribution is 5.74. The van der Waals surface area contributed by atoms with Crippen molar-refractivity contribution >= 4 is 11.8 Å². The highest BCUT2D eigenvalue weighted by atomic mass is 16.5. The van der Waals surface area contributed by atoms with E-state index in [1.165, 1.54) is 5.56 Å². The van der Waals surface area contributed by atoms with Crippen molar-refractivity contribution in [3.8, 4) is 5.75 Å². The number of aromatic nitrogens is 1. The van der Waals surface area contributed by atoms with Crippen molar-refractivity contribution in [3.05, 3.63) is 53.2 Å². The second-order valence-corrected chi connectivity index (χ2v) is 9.04. The fourth-order valence-corrected chi connectivity index (χ4v) is 4.26. The van der Waals surface area contributed by atoms with Gasteiger partial charge in [-0.3, -0.25) is 0 Å². The van der Waals surface area contributed by atoms with Crippen LogP contribution >= 0.6 is 0 Å². The van der Waals surface area contributed by atoms with Crippen molar-refractivity contribution in [3.63, 3.8) is 0 Å². The lowest BCUT2D eigenvalue weighted by atomic mass is 10.1. The molecule has 2 aliphatic rings. The monoisotopic (exact) mass is 437 g/mol. The minimum atomic E-state index is -0.00635. The SMILES string of the molecule is Cc1ccc(C)c(OC2CCN(C(=O)NCc3ccnc(N4CCN(C)CC4)c3)CC2)c1. The molecule has 1 N–H and O–H groups in total. The molecular formula is C25H35N5O2. The molecule has 1 aromatic carbocycles. The number of amides is 2. The minimum absolute atomic E-state index is 0.00635. The molecule has 0 radical (unpaired) electrons. The number of piperazine rings is 1. The first-order valence-corrected chi connectivity index (χ1v) is 11.6. The summed E-state index contributed by atoms with van der Waals surface area (Å²) in [5.74, 6) is 1.95. The number of likely N-dealkylation sites (tertiary alicyclic amines) is 1. The molecule has 2 aliphatic heterocycles. The Labute approximate surface area is 191 Å². The second-order valence-electron chi connectivity index (χ2n) is 9.04. The maximum atomic E-state index is 12.7. The summed E-state index contributed by atoms with van der Waals surface area (Å²) in [5, 5.41) is 3.08. The van der Waals surface area contributed by atoms with Crippen LogP contribution in [0, 0.1) is 13.8 Å². The Bertz CT molecular complexity index is 918. The Morgan fingerprint density at radius 1 is 1.06 bits per heavy atom. The second kappa shape index (κ2) is 10.2. The summed E-state index contributed by atoms with van der Waals surface area (Å²) in [6, 6.07) is 10.4. The van der Waals surface area contributed by atoms with Crippen molar-refractivity contribution in [1.82, 2.24) is 20.1 Å². The van der Waals surface area contributed by atoms with E-state index in [4.69, 9.17) is 4.74 Å². The van der Waals surface area contributed by atoms with Crippen molar-refractivity contribution in [1.29, 1.82) is 0 Å². The van der Waals surface area contributed by atoms with Crippen molar-refractivity contribution < 1.29 is 9.53 Å². The van der Waals surface area contributed by atoms with E-state index in [1.807, 2.05) is 17.2 Å². The Hall–Kier alpha value is -2.80. The molecule has 2 amide bonds. The average molecular weight is 438 g/mol. The smallest absolute Gasteiger partial charge is 0.317 e. The topological polar surface area (TPSA) is 60.9 Å². The number of piperidine rings is 1. The number of rotatable bonds is 5. The molecule has 0 aliphatic carbocycles. The molecule has 172 valence electrons. The molecule has 1 aromatic heterocycles. The molecule has 3 heterocycles. The van der Waals surface area contributed by atoms with E-state index >= 15 is 0 Å². The zero-order valence-corrected chi connectivity index (χ0v) is 19.5. The van der Waals surface area contributed by atoms with Gasteiger partial charge in [-0.1, -0.05) is 12.1 Å². The van der Waals surface area contributed by atoms with Gasteiger partial charge in [0, 0.05) is 64.9 Å². The van der Waals surface area contributed by atoms with Crippen LogP contribution in [0.3, 0.4) is 0 Å². The first-order valence-electron chi connectivity index (χ1n) is 11.6. The van der Waals surface area contributed by atoms with Crippen LogP contribution in [0.1, 0.15) is 29.5 Å². The maximum absolute atomic E-state index is 12.7. The van der Waals surface area contributed by atoms with Gasteiger partial charge in [0.15, 0.2) is 0 Å². The number of urea groups is 1. The normalized spacial score (nSPS) is 18.0. The van der Waals surface area contributed by atoms with Crippen LogP contribution in [-0.2, 0) is 6.54 Å². The molecule has 0 unspecified atom stereocenters. The van der Waals surface area contributed by atoms with Crippen LogP contribution in [0.5, 0.6) is 5.75 Å². The average Bonchev–Trinajstić information content (AvgIpc) is 2.81. The number of carbonyl (C=O) groups excluding carboxylic acids is 1. The predicted octanol–water partition coefficient (Wildman–Crippen LogP) is 3.20. The van der Waals surface area contributed by atoms with Gasteiger partial charge in [0.1, 0.15) is 17.7 Å². The number of likely N-dealkylation sites (N-methyl/N-ethyl adjacent to an activating group) is 1. The van der Waals surface area contributed by atoms with Crippen LogP contribution in [0.25, 0.3) is 0 Å². The number of nitrogens with zero attached hydrogens (tertiary/aromatic N) is 4. The van der Waals surface area contributed by atoms with Gasteiger partial charge in [0.2, 0.25) is 0 Å². The van der Waals surface area contributed by atoms with Gasteiger partial charge < -0.3 is 24.8 Å². The number of pyridine rings is 1. The number of anilines is 1. The number of aryl methyl sites for hydroxylation is 2. The summed E-state index contributed by atoms with van der Waals surface area (Å²) in [6.45, 7) is 10.2. The van der Waals surface area contributed by atoms with Crippen molar-refractivity contribution in [2.75, 3.05) is 51.2 Å². The molecule has 7 nitrogen and oxygen atoms in total. The van der Waals surface area contributed by atoms with Gasteiger partial charge >= 0.3 is 6.03 Å². The van der Waals surface area contributed by atoms with Crippen LogP contribution in [-0.4, -0.2) is 73.2 Å². The molecular weight excluding hydrogens is 402 g/mol. The Morgan fingerprint density at radius 3 is 2.56 bits per heavy atom. The number of ether oxygens (including phenoxy) is 1. The number of nitrogens with one attached hydrogen (secondary N) is 1. The van der Waals surface area contributed by atoms with E-state index in [1.54, 1.807) is 0 Å². The van der Waals surface area contributed by atoms with E-state index in [2.05, 4.69) is 65.3 Å². The molecule has 7 heteroatoms. The van der Waals surface area contributed by atoms with Crippen LogP contribution in [0.4, 0.5) is 10.6 Å². The fraction of sp³-hybridized carbons (Fsp3) is 0.520. The molecule has 2 fully saturated rings. The van der Waals surface area contributed by atoms with Crippen LogP contribution < -0.4 is 15.0 Å². The third-order valence-corrected chi connectivity index (χ3v) is 6.45. The summed E-state index contributed by atoms with van der Waals surface area (Å²) < 4.78 is 6.23. The van der Waals surface area contributed by atoms with Crippen LogP contribution in [0.15, 0.2) is 36.5 Å². The summed E-state index contributed by atoms with van der Waals surface area (Å²) >= 11 is 0. The molecule has 0 saturated carbocycles. The zero-order valence-electron chi connectivity index (χ0n) is 19.5. The third-order valence-electron chi connectivity index (χ3n) is 6.45. The quantitative estimate of drug-likeness (QED) is 0.778. The van der Waals surface area contributed by atoms with Gasteiger partial charge in [-0.05, 0) is 55.8 Å². The maximum Gasteiger partial charge on any atom is 0.317 e. The lowest BCUT2D eigenvalue weighted by Gasteiger charge is -2.33. The third kappa shape index (κ3) is 5.71. The molecule has 0 spiro atoms. The van der Waals surface area contributed by atoms with Gasteiger partial charge in [0.05, 0.1) is 0 Å². The number of carbonyl (C=O) groups is 1. The first-order chi connectivity index (χ1) is 15.5. The van der Waals surface area contributed by atoms with Gasteiger partial charge in [-0.2, -0.15) is 0 Å².